The molecule has 0 aliphatic heterocycles. The minimum atomic E-state index is 0.308. The number of nitrogens with two attached hydrogens (primary N) is 1. The Morgan fingerprint density at radius 1 is 1.60 bits per heavy atom. The van der Waals surface area contributed by atoms with Crippen molar-refractivity contribution >= 4 is 5.82 Å². The molecule has 0 unspecified atom stereocenters. The molecule has 0 atom stereocenters. The predicted molar refractivity (Wildman–Crippen MR) is 37.7 cm³/mol. The van der Waals surface area contributed by atoms with E-state index in [9.17, 15) is 0 Å². The molecule has 0 fully saturated rings. The highest BCUT2D eigenvalue weighted by Crippen LogP contribution is 2.08. The average Bonchev–Trinajstić information content (AvgIpc) is 1.95. The highest BCUT2D eigenvalue weighted by atomic mass is 16.5. The molecule has 10 heavy (non-hydrogen) atoms. The van der Waals surface area contributed by atoms with Gasteiger partial charge in [-0.15, -0.1) is 0 Å². The summed E-state index contributed by atoms with van der Waals surface area (Å²) in [6.45, 7) is 1.84. The fraction of sp³-hybridized carbons (Fsp3) is 0.333. The Morgan fingerprint density at radius 2 is 2.30 bits per heavy atom. The van der Waals surface area contributed by atoms with Crippen molar-refractivity contribution in [1.29, 1.82) is 0 Å². The van der Waals surface area contributed by atoms with Crippen LogP contribution in [0.1, 0.15) is 5.56 Å². The Balaban J connectivity index is 3.04. The SMILES string of the molecule is COc1ncc(C)c(N)n1. The van der Waals surface area contributed by atoms with Gasteiger partial charge in [0.05, 0.1) is 7.11 Å². The van der Waals surface area contributed by atoms with E-state index < -0.39 is 0 Å². The molecule has 1 aromatic heterocycles. The van der Waals surface area contributed by atoms with Crippen LogP contribution in [0.3, 0.4) is 0 Å². The van der Waals surface area contributed by atoms with Gasteiger partial charge in [0, 0.05) is 11.8 Å². The Kier molecular flexibility index (Phi) is 1.71. The summed E-state index contributed by atoms with van der Waals surface area (Å²) in [4.78, 5) is 7.68. The number of rotatable bonds is 1. The molecule has 1 aromatic rings. The quantitative estimate of drug-likeness (QED) is 0.610. The average molecular weight is 139 g/mol. The van der Waals surface area contributed by atoms with E-state index in [0.717, 1.165) is 5.56 Å². The molecule has 0 spiro atoms. The van der Waals surface area contributed by atoms with Crippen LogP contribution in [0, 0.1) is 6.92 Å². The van der Waals surface area contributed by atoms with E-state index in [1.165, 1.54) is 7.11 Å². The van der Waals surface area contributed by atoms with Gasteiger partial charge in [0.2, 0.25) is 0 Å². The third-order valence-corrected chi connectivity index (χ3v) is 1.17. The smallest absolute Gasteiger partial charge is 0.318 e. The van der Waals surface area contributed by atoms with Crippen LogP contribution in [0.25, 0.3) is 0 Å². The molecule has 1 heterocycles. The lowest BCUT2D eigenvalue weighted by molar-refractivity contribution is 0.380. The maximum absolute atomic E-state index is 5.47. The summed E-state index contributed by atoms with van der Waals surface area (Å²) in [5.41, 5.74) is 6.33. The fourth-order valence-electron chi connectivity index (χ4n) is 0.537. The van der Waals surface area contributed by atoms with Gasteiger partial charge in [-0.1, -0.05) is 0 Å². The molecule has 4 heteroatoms. The number of nitrogen functional groups attached to an aromatic ring is 1. The zero-order chi connectivity index (χ0) is 7.56. The molecule has 0 aliphatic rings. The third-order valence-electron chi connectivity index (χ3n) is 1.17. The number of hydrogen-bond acceptors (Lipinski definition) is 4. The lowest BCUT2D eigenvalue weighted by Gasteiger charge is -1.99. The monoisotopic (exact) mass is 139 g/mol. The lowest BCUT2D eigenvalue weighted by Crippen LogP contribution is -1.98. The molecule has 0 radical (unpaired) electrons. The Labute approximate surface area is 59.1 Å². The summed E-state index contributed by atoms with van der Waals surface area (Å²) in [5.74, 6) is 0.465. The minimum Gasteiger partial charge on any atom is -0.467 e. The second-order valence-electron chi connectivity index (χ2n) is 1.92. The summed E-state index contributed by atoms with van der Waals surface area (Å²) >= 11 is 0. The van der Waals surface area contributed by atoms with Crippen molar-refractivity contribution < 1.29 is 4.74 Å². The summed E-state index contributed by atoms with van der Waals surface area (Å²) < 4.78 is 4.75. The summed E-state index contributed by atoms with van der Waals surface area (Å²) in [5, 5.41) is 0. The van der Waals surface area contributed by atoms with Gasteiger partial charge in [0.15, 0.2) is 0 Å². The minimum absolute atomic E-state index is 0.308. The summed E-state index contributed by atoms with van der Waals surface area (Å²) in [6, 6.07) is 0.308. The molecule has 54 valence electrons. The van der Waals surface area contributed by atoms with Crippen LogP contribution in [0.15, 0.2) is 6.20 Å². The first-order chi connectivity index (χ1) is 4.74. The van der Waals surface area contributed by atoms with Crippen LogP contribution in [-0.2, 0) is 0 Å². The van der Waals surface area contributed by atoms with E-state index in [0.29, 0.717) is 11.8 Å². The van der Waals surface area contributed by atoms with E-state index >= 15 is 0 Å². The Morgan fingerprint density at radius 3 is 2.80 bits per heavy atom. The van der Waals surface area contributed by atoms with Gasteiger partial charge in [-0.3, -0.25) is 0 Å². The topological polar surface area (TPSA) is 61.0 Å². The van der Waals surface area contributed by atoms with Crippen LogP contribution in [0.2, 0.25) is 0 Å². The number of hydrogen-bond donors (Lipinski definition) is 1. The number of aryl methyl sites for hydroxylation is 1. The summed E-state index contributed by atoms with van der Waals surface area (Å²) in [6.07, 6.45) is 1.63. The maximum atomic E-state index is 5.47. The predicted octanol–water partition coefficient (Wildman–Crippen LogP) is 0.376. The van der Waals surface area contributed by atoms with Crippen LogP contribution in [0.5, 0.6) is 6.01 Å². The van der Waals surface area contributed by atoms with Gasteiger partial charge < -0.3 is 10.5 Å². The van der Waals surface area contributed by atoms with Gasteiger partial charge >= 0.3 is 6.01 Å². The van der Waals surface area contributed by atoms with Gasteiger partial charge in [-0.05, 0) is 6.92 Å². The second kappa shape index (κ2) is 2.51. The normalized spacial score (nSPS) is 9.40. The van der Waals surface area contributed by atoms with Crippen LogP contribution < -0.4 is 10.5 Å². The first-order valence-corrected chi connectivity index (χ1v) is 2.87. The fourth-order valence-corrected chi connectivity index (χ4v) is 0.537. The molecule has 0 amide bonds. The van der Waals surface area contributed by atoms with Crippen molar-refractivity contribution in [2.45, 2.75) is 6.92 Å². The van der Waals surface area contributed by atoms with Crippen molar-refractivity contribution in [2.24, 2.45) is 0 Å². The Bertz CT molecular complexity index is 236. The molecule has 1 rings (SSSR count). The largest absolute Gasteiger partial charge is 0.467 e. The van der Waals surface area contributed by atoms with Crippen molar-refractivity contribution in [3.63, 3.8) is 0 Å². The number of nitrogens with zero attached hydrogens (tertiary/aromatic N) is 2. The van der Waals surface area contributed by atoms with Crippen molar-refractivity contribution in [2.75, 3.05) is 12.8 Å². The second-order valence-corrected chi connectivity index (χ2v) is 1.92. The molecule has 0 bridgehead atoms. The number of aromatic nitrogens is 2. The molecule has 4 nitrogen and oxygen atoms in total. The van der Waals surface area contributed by atoms with Crippen LogP contribution in [0.4, 0.5) is 5.82 Å². The molecule has 0 aliphatic carbocycles. The Hall–Kier alpha value is -1.32. The van der Waals surface area contributed by atoms with E-state index in [2.05, 4.69) is 9.97 Å². The van der Waals surface area contributed by atoms with Crippen LogP contribution in [-0.4, -0.2) is 17.1 Å². The van der Waals surface area contributed by atoms with E-state index in [1.807, 2.05) is 6.92 Å². The molecule has 0 saturated heterocycles. The van der Waals surface area contributed by atoms with E-state index in [4.69, 9.17) is 10.5 Å². The molecule has 0 aromatic carbocycles. The maximum Gasteiger partial charge on any atom is 0.318 e. The highest BCUT2D eigenvalue weighted by molar-refractivity contribution is 5.36. The van der Waals surface area contributed by atoms with Gasteiger partial charge in [-0.25, -0.2) is 4.98 Å². The van der Waals surface area contributed by atoms with Crippen LogP contribution >= 0.6 is 0 Å². The molecule has 0 saturated carbocycles. The first kappa shape index (κ1) is 6.80. The van der Waals surface area contributed by atoms with Crippen molar-refractivity contribution in [3.05, 3.63) is 11.8 Å². The molecular weight excluding hydrogens is 130 g/mol. The highest BCUT2D eigenvalue weighted by Gasteiger charge is 1.97. The van der Waals surface area contributed by atoms with Crippen molar-refractivity contribution in [3.8, 4) is 6.01 Å². The zero-order valence-electron chi connectivity index (χ0n) is 5.96. The van der Waals surface area contributed by atoms with E-state index in [1.54, 1.807) is 6.20 Å². The number of ether oxygens (including phenoxy) is 1. The molecule has 2 N–H and O–H groups in total. The zero-order valence-corrected chi connectivity index (χ0v) is 5.96. The first-order valence-electron chi connectivity index (χ1n) is 2.87. The van der Waals surface area contributed by atoms with E-state index in [-0.39, 0.29) is 0 Å². The van der Waals surface area contributed by atoms with Gasteiger partial charge in [-0.2, -0.15) is 4.98 Å². The molecular formula is C6H9N3O. The van der Waals surface area contributed by atoms with Gasteiger partial charge in [0.1, 0.15) is 5.82 Å². The lowest BCUT2D eigenvalue weighted by atomic mass is 10.4. The summed E-state index contributed by atoms with van der Waals surface area (Å²) in [7, 11) is 1.50. The number of methoxy groups -OCH3 is 1. The van der Waals surface area contributed by atoms with Gasteiger partial charge in [0.25, 0.3) is 0 Å². The van der Waals surface area contributed by atoms with Crippen molar-refractivity contribution in [1.82, 2.24) is 9.97 Å². The number of anilines is 1. The standard InChI is InChI=1S/C6H9N3O/c1-4-3-8-6(10-2)9-5(4)7/h3H,1-2H3,(H2,7,8,9). The third kappa shape index (κ3) is 1.15.